The molecule has 1 amide bonds. The molecule has 0 heterocycles. The fourth-order valence-electron chi connectivity index (χ4n) is 3.74. The zero-order valence-electron chi connectivity index (χ0n) is 20.1. The summed E-state index contributed by atoms with van der Waals surface area (Å²) in [4.78, 5) is 12.7. The van der Waals surface area contributed by atoms with Gasteiger partial charge in [-0.1, -0.05) is 53.5 Å². The van der Waals surface area contributed by atoms with Gasteiger partial charge in [0.2, 0.25) is 0 Å². The first kappa shape index (κ1) is 27.3. The van der Waals surface area contributed by atoms with Crippen molar-refractivity contribution in [2.45, 2.75) is 18.7 Å². The molecule has 9 nitrogen and oxygen atoms in total. The Morgan fingerprint density at radius 1 is 1.03 bits per heavy atom. The van der Waals surface area contributed by atoms with Crippen molar-refractivity contribution < 1.29 is 27.6 Å². The lowest BCUT2D eigenvalue weighted by molar-refractivity contribution is 0.102. The van der Waals surface area contributed by atoms with Gasteiger partial charge in [-0.25, -0.2) is 0 Å². The highest BCUT2D eigenvalue weighted by molar-refractivity contribution is 7.86. The average molecular weight is 574 g/mol. The van der Waals surface area contributed by atoms with Gasteiger partial charge in [0.15, 0.2) is 5.75 Å². The number of aryl methyl sites for hydroxylation is 1. The Morgan fingerprint density at radius 3 is 2.45 bits per heavy atom. The summed E-state index contributed by atoms with van der Waals surface area (Å²) < 4.78 is 38.2. The second-order valence-electron chi connectivity index (χ2n) is 8.12. The monoisotopic (exact) mass is 573 g/mol. The zero-order valence-corrected chi connectivity index (χ0v) is 22.4. The van der Waals surface area contributed by atoms with Crippen LogP contribution in [0.15, 0.2) is 75.8 Å². The van der Waals surface area contributed by atoms with Crippen LogP contribution in [-0.2, 0) is 10.1 Å². The summed E-state index contributed by atoms with van der Waals surface area (Å²) in [5, 5.41) is 23.1. The van der Waals surface area contributed by atoms with E-state index in [0.29, 0.717) is 39.4 Å². The van der Waals surface area contributed by atoms with Crippen molar-refractivity contribution in [3.8, 4) is 11.5 Å². The van der Waals surface area contributed by atoms with Gasteiger partial charge in [-0.15, -0.1) is 10.2 Å². The van der Waals surface area contributed by atoms with Crippen molar-refractivity contribution >= 4 is 67.1 Å². The van der Waals surface area contributed by atoms with Crippen molar-refractivity contribution in [3.05, 3.63) is 81.8 Å². The fraction of sp³-hybridized carbons (Fsp3) is 0.115. The van der Waals surface area contributed by atoms with Crippen molar-refractivity contribution in [1.29, 1.82) is 0 Å². The molecule has 4 aromatic rings. The smallest absolute Gasteiger partial charge is 0.296 e. The number of hydrogen-bond acceptors (Lipinski definition) is 7. The van der Waals surface area contributed by atoms with E-state index in [0.717, 1.165) is 6.07 Å². The SMILES string of the molecule is CCOc1cc(Cl)cc(NC(=O)c2cc3ccccc3c(N=Nc3c(C)ccc(S(=O)(=O)O)c3Cl)c2O)c1. The molecule has 0 saturated carbocycles. The zero-order chi connectivity index (χ0) is 27.6. The number of aromatic hydroxyl groups is 1. The number of ether oxygens (including phenoxy) is 1. The summed E-state index contributed by atoms with van der Waals surface area (Å²) in [6.07, 6.45) is 0. The third-order valence-corrected chi connectivity index (χ3v) is 7.10. The van der Waals surface area contributed by atoms with Crippen LogP contribution in [0.2, 0.25) is 10.0 Å². The average Bonchev–Trinajstić information content (AvgIpc) is 2.83. The number of rotatable bonds is 7. The molecule has 0 unspecified atom stereocenters. The first-order chi connectivity index (χ1) is 18.0. The Balaban J connectivity index is 1.80. The Hall–Kier alpha value is -3.70. The molecule has 4 aromatic carbocycles. The standard InChI is InChI=1S/C26H21Cl2N3O6S/c1-3-37-18-12-16(27)11-17(13-18)29-26(33)20-10-15-6-4-5-7-19(15)24(25(20)32)31-30-23-14(2)8-9-21(22(23)28)38(34,35)36/h4-13,32H,3H2,1-2H3,(H,29,33)(H,34,35,36). The molecule has 0 fully saturated rings. The quantitative estimate of drug-likeness (QED) is 0.155. The number of carbonyl (C=O) groups excluding carboxylic acids is 1. The van der Waals surface area contributed by atoms with Gasteiger partial charge in [-0.2, -0.15) is 8.42 Å². The van der Waals surface area contributed by atoms with E-state index in [-0.39, 0.29) is 22.0 Å². The van der Waals surface area contributed by atoms with Crippen LogP contribution >= 0.6 is 23.2 Å². The van der Waals surface area contributed by atoms with Gasteiger partial charge >= 0.3 is 0 Å². The highest BCUT2D eigenvalue weighted by Gasteiger charge is 2.21. The molecule has 196 valence electrons. The van der Waals surface area contributed by atoms with Crippen LogP contribution in [0.3, 0.4) is 0 Å². The number of halogens is 2. The van der Waals surface area contributed by atoms with E-state index in [1.165, 1.54) is 18.2 Å². The van der Waals surface area contributed by atoms with E-state index in [1.54, 1.807) is 43.3 Å². The van der Waals surface area contributed by atoms with Gasteiger partial charge in [0.25, 0.3) is 16.0 Å². The summed E-state index contributed by atoms with van der Waals surface area (Å²) in [5.41, 5.74) is 0.663. The summed E-state index contributed by atoms with van der Waals surface area (Å²) >= 11 is 12.3. The van der Waals surface area contributed by atoms with Crippen molar-refractivity contribution in [1.82, 2.24) is 0 Å². The van der Waals surface area contributed by atoms with Gasteiger partial charge in [-0.05, 0) is 49.1 Å². The van der Waals surface area contributed by atoms with Crippen LogP contribution in [0.1, 0.15) is 22.8 Å². The second kappa shape index (κ2) is 11.0. The van der Waals surface area contributed by atoms with Crippen LogP contribution < -0.4 is 10.1 Å². The summed E-state index contributed by atoms with van der Waals surface area (Å²) in [7, 11) is -4.61. The Kier molecular flexibility index (Phi) is 7.89. The van der Waals surface area contributed by atoms with Crippen LogP contribution in [0.4, 0.5) is 17.1 Å². The maximum atomic E-state index is 13.2. The molecule has 0 aliphatic carbocycles. The molecule has 0 radical (unpaired) electrons. The molecule has 4 rings (SSSR count). The van der Waals surface area contributed by atoms with E-state index >= 15 is 0 Å². The minimum atomic E-state index is -4.61. The molecule has 0 spiro atoms. The first-order valence-electron chi connectivity index (χ1n) is 11.2. The van der Waals surface area contributed by atoms with Gasteiger partial charge in [-0.3, -0.25) is 9.35 Å². The predicted molar refractivity (Wildman–Crippen MR) is 146 cm³/mol. The lowest BCUT2D eigenvalue weighted by atomic mass is 10.0. The van der Waals surface area contributed by atoms with E-state index in [4.69, 9.17) is 27.9 Å². The molecule has 0 aliphatic rings. The number of amides is 1. The van der Waals surface area contributed by atoms with Gasteiger partial charge in [0, 0.05) is 22.2 Å². The van der Waals surface area contributed by atoms with Crippen molar-refractivity contribution in [2.75, 3.05) is 11.9 Å². The number of nitrogens with one attached hydrogen (secondary N) is 1. The van der Waals surface area contributed by atoms with Gasteiger partial charge < -0.3 is 15.2 Å². The largest absolute Gasteiger partial charge is 0.505 e. The molecule has 0 saturated heterocycles. The molecule has 0 aromatic heterocycles. The van der Waals surface area contributed by atoms with Crippen LogP contribution in [0.25, 0.3) is 10.8 Å². The van der Waals surface area contributed by atoms with E-state index in [2.05, 4.69) is 15.5 Å². The van der Waals surface area contributed by atoms with Crippen LogP contribution in [0.5, 0.6) is 11.5 Å². The third-order valence-electron chi connectivity index (χ3n) is 5.49. The topological polar surface area (TPSA) is 138 Å². The molecule has 38 heavy (non-hydrogen) atoms. The Labute approximate surface area is 228 Å². The normalized spacial score (nSPS) is 11.7. The van der Waals surface area contributed by atoms with Gasteiger partial charge in [0.05, 0.1) is 17.2 Å². The Bertz CT molecular complexity index is 1710. The van der Waals surface area contributed by atoms with Crippen LogP contribution in [-0.4, -0.2) is 30.6 Å². The van der Waals surface area contributed by atoms with E-state index in [1.807, 2.05) is 6.92 Å². The third kappa shape index (κ3) is 5.73. The number of azo groups is 1. The summed E-state index contributed by atoms with van der Waals surface area (Å²) in [6.45, 7) is 3.84. The molecule has 0 aliphatic heterocycles. The van der Waals surface area contributed by atoms with Crippen LogP contribution in [0, 0.1) is 6.92 Å². The highest BCUT2D eigenvalue weighted by Crippen LogP contribution is 2.41. The number of phenols is 1. The fourth-order valence-corrected chi connectivity index (χ4v) is 5.07. The Morgan fingerprint density at radius 2 is 1.74 bits per heavy atom. The molecular formula is C26H21Cl2N3O6S. The van der Waals surface area contributed by atoms with E-state index < -0.39 is 26.7 Å². The minimum Gasteiger partial charge on any atom is -0.505 e. The lowest BCUT2D eigenvalue weighted by Crippen LogP contribution is -2.12. The summed E-state index contributed by atoms with van der Waals surface area (Å²) in [5.74, 6) is -0.638. The number of anilines is 1. The van der Waals surface area contributed by atoms with Crippen molar-refractivity contribution in [3.63, 3.8) is 0 Å². The molecule has 3 N–H and O–H groups in total. The number of benzene rings is 4. The maximum Gasteiger partial charge on any atom is 0.296 e. The second-order valence-corrected chi connectivity index (χ2v) is 10.3. The maximum absolute atomic E-state index is 13.2. The first-order valence-corrected chi connectivity index (χ1v) is 13.4. The molecule has 0 bridgehead atoms. The lowest BCUT2D eigenvalue weighted by Gasteiger charge is -2.13. The van der Waals surface area contributed by atoms with Crippen molar-refractivity contribution in [2.24, 2.45) is 10.2 Å². The highest BCUT2D eigenvalue weighted by atomic mass is 35.5. The van der Waals surface area contributed by atoms with Gasteiger partial charge in [0.1, 0.15) is 22.0 Å². The predicted octanol–water partition coefficient (Wildman–Crippen LogP) is 7.47. The number of fused-ring (bicyclic) bond motifs is 1. The summed E-state index contributed by atoms with van der Waals surface area (Å²) in [6, 6.07) is 15.7. The molecule has 0 atom stereocenters. The van der Waals surface area contributed by atoms with E-state index in [9.17, 15) is 22.9 Å². The molecular weight excluding hydrogens is 553 g/mol. The minimum absolute atomic E-state index is 0.0255. The number of nitrogens with zero attached hydrogens (tertiary/aromatic N) is 2. The number of carbonyl (C=O) groups is 1. The molecule has 12 heteroatoms. The number of phenolic OH excluding ortho intramolecular Hbond substituents is 1. The number of hydrogen-bond donors (Lipinski definition) is 3.